The highest BCUT2D eigenvalue weighted by atomic mass is 79.9. The van der Waals surface area contributed by atoms with Crippen LogP contribution in [0.5, 0.6) is 0 Å². The highest BCUT2D eigenvalue weighted by molar-refractivity contribution is 9.11. The molecule has 0 bridgehead atoms. The predicted octanol–water partition coefficient (Wildman–Crippen LogP) is 2.28. The summed E-state index contributed by atoms with van der Waals surface area (Å²) in [6.07, 6.45) is 4.65. The second kappa shape index (κ2) is 6.12. The standard InChI is InChI=1S/C10H13BrN4S/c11-10-6-9(8-16-10)7-12-2-1-4-15-5-3-13-14-15/h3,5-6,8,12H,1-2,4,7H2. The molecule has 0 aliphatic rings. The van der Waals surface area contributed by atoms with Crippen molar-refractivity contribution in [3.63, 3.8) is 0 Å². The largest absolute Gasteiger partial charge is 0.313 e. The maximum absolute atomic E-state index is 3.91. The van der Waals surface area contributed by atoms with E-state index in [9.17, 15) is 0 Å². The first-order chi connectivity index (χ1) is 7.84. The molecule has 0 amide bonds. The average Bonchev–Trinajstić information content (AvgIpc) is 2.89. The van der Waals surface area contributed by atoms with Crippen molar-refractivity contribution in [2.45, 2.75) is 19.5 Å². The zero-order chi connectivity index (χ0) is 11.2. The van der Waals surface area contributed by atoms with Gasteiger partial charge in [-0.3, -0.25) is 4.68 Å². The predicted molar refractivity (Wildman–Crippen MR) is 68.4 cm³/mol. The van der Waals surface area contributed by atoms with Gasteiger partial charge in [0.25, 0.3) is 0 Å². The van der Waals surface area contributed by atoms with E-state index in [1.54, 1.807) is 17.5 Å². The van der Waals surface area contributed by atoms with E-state index >= 15 is 0 Å². The average molecular weight is 301 g/mol. The first-order valence-corrected chi connectivity index (χ1v) is 6.79. The minimum absolute atomic E-state index is 0.917. The van der Waals surface area contributed by atoms with Crippen LogP contribution in [0.2, 0.25) is 0 Å². The van der Waals surface area contributed by atoms with Crippen LogP contribution < -0.4 is 5.32 Å². The summed E-state index contributed by atoms with van der Waals surface area (Å²) in [5.41, 5.74) is 1.33. The molecule has 6 heteroatoms. The van der Waals surface area contributed by atoms with Crippen molar-refractivity contribution in [1.82, 2.24) is 20.3 Å². The normalized spacial score (nSPS) is 10.8. The lowest BCUT2D eigenvalue weighted by Gasteiger charge is -2.02. The third kappa shape index (κ3) is 3.70. The van der Waals surface area contributed by atoms with Gasteiger partial charge < -0.3 is 5.32 Å². The Bertz CT molecular complexity index is 412. The maximum atomic E-state index is 3.91. The molecule has 0 aromatic carbocycles. The number of hydrogen-bond acceptors (Lipinski definition) is 4. The molecule has 86 valence electrons. The molecule has 0 atom stereocenters. The summed E-state index contributed by atoms with van der Waals surface area (Å²) in [5, 5.41) is 13.2. The monoisotopic (exact) mass is 300 g/mol. The minimum atomic E-state index is 0.917. The van der Waals surface area contributed by atoms with Crippen LogP contribution in [0, 0.1) is 0 Å². The first-order valence-electron chi connectivity index (χ1n) is 5.12. The van der Waals surface area contributed by atoms with E-state index in [2.05, 4.69) is 43.0 Å². The van der Waals surface area contributed by atoms with Crippen LogP contribution in [0.25, 0.3) is 0 Å². The Morgan fingerprint density at radius 1 is 1.50 bits per heavy atom. The lowest BCUT2D eigenvalue weighted by molar-refractivity contribution is 0.530. The van der Waals surface area contributed by atoms with Gasteiger partial charge in [-0.05, 0) is 45.9 Å². The number of thiophene rings is 1. The molecule has 0 saturated heterocycles. The summed E-state index contributed by atoms with van der Waals surface area (Å²) in [4.78, 5) is 0. The van der Waals surface area contributed by atoms with Crippen molar-refractivity contribution in [2.75, 3.05) is 6.54 Å². The van der Waals surface area contributed by atoms with E-state index in [4.69, 9.17) is 0 Å². The quantitative estimate of drug-likeness (QED) is 0.832. The fourth-order valence-electron chi connectivity index (χ4n) is 1.39. The van der Waals surface area contributed by atoms with E-state index in [0.717, 1.165) is 26.1 Å². The minimum Gasteiger partial charge on any atom is -0.313 e. The molecule has 0 fully saturated rings. The molecule has 2 aromatic rings. The number of aryl methyl sites for hydroxylation is 1. The zero-order valence-electron chi connectivity index (χ0n) is 8.77. The Morgan fingerprint density at radius 3 is 3.12 bits per heavy atom. The molecule has 0 spiro atoms. The SMILES string of the molecule is Brc1cc(CNCCCn2ccnn2)cs1. The van der Waals surface area contributed by atoms with E-state index in [1.807, 2.05) is 10.9 Å². The van der Waals surface area contributed by atoms with Gasteiger partial charge in [0.1, 0.15) is 0 Å². The molecule has 0 saturated carbocycles. The van der Waals surface area contributed by atoms with Crippen LogP contribution in [0.3, 0.4) is 0 Å². The molecule has 2 heterocycles. The van der Waals surface area contributed by atoms with Gasteiger partial charge in [0.15, 0.2) is 0 Å². The second-order valence-corrected chi connectivity index (χ2v) is 5.75. The third-order valence-corrected chi connectivity index (χ3v) is 3.72. The van der Waals surface area contributed by atoms with Gasteiger partial charge in [-0.2, -0.15) is 0 Å². The van der Waals surface area contributed by atoms with Crippen molar-refractivity contribution >= 4 is 27.3 Å². The van der Waals surface area contributed by atoms with Crippen LogP contribution >= 0.6 is 27.3 Å². The van der Waals surface area contributed by atoms with Crippen molar-refractivity contribution in [3.05, 3.63) is 33.2 Å². The van der Waals surface area contributed by atoms with Gasteiger partial charge in [0.2, 0.25) is 0 Å². The second-order valence-electron chi connectivity index (χ2n) is 3.46. The van der Waals surface area contributed by atoms with Gasteiger partial charge in [0, 0.05) is 19.3 Å². The molecule has 1 N–H and O–H groups in total. The van der Waals surface area contributed by atoms with Gasteiger partial charge >= 0.3 is 0 Å². The number of halogens is 1. The van der Waals surface area contributed by atoms with Crippen LogP contribution in [0.15, 0.2) is 27.6 Å². The van der Waals surface area contributed by atoms with Gasteiger partial charge in [0.05, 0.1) is 9.98 Å². The van der Waals surface area contributed by atoms with Crippen molar-refractivity contribution < 1.29 is 0 Å². The highest BCUT2D eigenvalue weighted by Crippen LogP contribution is 2.20. The number of aromatic nitrogens is 3. The molecule has 0 aliphatic heterocycles. The lowest BCUT2D eigenvalue weighted by Crippen LogP contribution is -2.16. The Kier molecular flexibility index (Phi) is 4.50. The molecule has 0 radical (unpaired) electrons. The fraction of sp³-hybridized carbons (Fsp3) is 0.400. The van der Waals surface area contributed by atoms with Crippen LogP contribution in [0.1, 0.15) is 12.0 Å². The summed E-state index contributed by atoms with van der Waals surface area (Å²) in [6, 6.07) is 2.15. The Morgan fingerprint density at radius 2 is 2.44 bits per heavy atom. The third-order valence-electron chi connectivity index (χ3n) is 2.16. The fourth-order valence-corrected chi connectivity index (χ4v) is 2.60. The molecule has 2 rings (SSSR count). The van der Waals surface area contributed by atoms with Gasteiger partial charge in [-0.25, -0.2) is 0 Å². The van der Waals surface area contributed by atoms with Gasteiger partial charge in [-0.1, -0.05) is 5.21 Å². The van der Waals surface area contributed by atoms with Crippen molar-refractivity contribution in [2.24, 2.45) is 0 Å². The number of hydrogen-bond donors (Lipinski definition) is 1. The van der Waals surface area contributed by atoms with Crippen molar-refractivity contribution in [1.29, 1.82) is 0 Å². The summed E-state index contributed by atoms with van der Waals surface area (Å²) < 4.78 is 3.04. The highest BCUT2D eigenvalue weighted by Gasteiger charge is 1.96. The Labute approximate surface area is 107 Å². The summed E-state index contributed by atoms with van der Waals surface area (Å²) >= 11 is 5.17. The van der Waals surface area contributed by atoms with Crippen LogP contribution in [-0.4, -0.2) is 21.5 Å². The summed E-state index contributed by atoms with van der Waals surface area (Å²) in [5.74, 6) is 0. The lowest BCUT2D eigenvalue weighted by atomic mass is 10.3. The molecule has 0 aliphatic carbocycles. The number of rotatable bonds is 6. The molecule has 0 unspecified atom stereocenters. The molecule has 4 nitrogen and oxygen atoms in total. The summed E-state index contributed by atoms with van der Waals surface area (Å²) in [6.45, 7) is 2.84. The van der Waals surface area contributed by atoms with Crippen LogP contribution in [0.4, 0.5) is 0 Å². The van der Waals surface area contributed by atoms with Crippen molar-refractivity contribution in [3.8, 4) is 0 Å². The maximum Gasteiger partial charge on any atom is 0.0701 e. The first kappa shape index (κ1) is 11.8. The van der Waals surface area contributed by atoms with Crippen LogP contribution in [-0.2, 0) is 13.1 Å². The van der Waals surface area contributed by atoms with E-state index < -0.39 is 0 Å². The molecule has 2 aromatic heterocycles. The topological polar surface area (TPSA) is 42.7 Å². The molecular weight excluding hydrogens is 288 g/mol. The van der Waals surface area contributed by atoms with Gasteiger partial charge in [-0.15, -0.1) is 16.4 Å². The van der Waals surface area contributed by atoms with E-state index in [0.29, 0.717) is 0 Å². The number of nitrogens with zero attached hydrogens (tertiary/aromatic N) is 3. The number of nitrogens with one attached hydrogen (secondary N) is 1. The zero-order valence-corrected chi connectivity index (χ0v) is 11.2. The molecular formula is C10H13BrN4S. The Hall–Kier alpha value is -0.720. The summed E-state index contributed by atoms with van der Waals surface area (Å²) in [7, 11) is 0. The molecule has 16 heavy (non-hydrogen) atoms. The Balaban J connectivity index is 1.59. The smallest absolute Gasteiger partial charge is 0.0701 e. The van der Waals surface area contributed by atoms with E-state index in [-0.39, 0.29) is 0 Å². The van der Waals surface area contributed by atoms with E-state index in [1.165, 1.54) is 9.35 Å².